The largest absolute Gasteiger partial charge is 0.480 e. The van der Waals surface area contributed by atoms with Gasteiger partial charge in [0.05, 0.1) is 6.04 Å². The van der Waals surface area contributed by atoms with Gasteiger partial charge in [-0.05, 0) is 39.8 Å². The smallest absolute Gasteiger partial charge is 0.323 e. The Balaban J connectivity index is 4.01. The van der Waals surface area contributed by atoms with Crippen LogP contribution < -0.4 is 16.4 Å². The number of rotatable bonds is 12. The Hall–Kier alpha value is -1.14. The molecule has 118 valence electrons. The first-order valence-electron chi connectivity index (χ1n) is 7.32. The monoisotopic (exact) mass is 287 g/mol. The number of unbranched alkanes of at least 4 members (excludes halogenated alkanes) is 2. The summed E-state index contributed by atoms with van der Waals surface area (Å²) in [5, 5.41) is 15.2. The second-order valence-electron chi connectivity index (χ2n) is 5.41. The molecule has 6 heteroatoms. The SMILES string of the molecule is CCCNC(C)(CCCCCC(NC)C(N)=O)C(=O)O. The lowest BCUT2D eigenvalue weighted by atomic mass is 9.93. The summed E-state index contributed by atoms with van der Waals surface area (Å²) in [6, 6.07) is -0.293. The van der Waals surface area contributed by atoms with Crippen LogP contribution in [-0.2, 0) is 9.59 Å². The molecule has 1 amide bonds. The molecule has 0 fully saturated rings. The number of amides is 1. The minimum atomic E-state index is -0.859. The highest BCUT2D eigenvalue weighted by molar-refractivity contribution is 5.79. The highest BCUT2D eigenvalue weighted by atomic mass is 16.4. The molecule has 20 heavy (non-hydrogen) atoms. The highest BCUT2D eigenvalue weighted by Crippen LogP contribution is 2.16. The molecule has 0 aromatic carbocycles. The summed E-state index contributed by atoms with van der Waals surface area (Å²) in [5.41, 5.74) is 4.38. The van der Waals surface area contributed by atoms with Gasteiger partial charge in [0.2, 0.25) is 5.91 Å². The van der Waals surface area contributed by atoms with Gasteiger partial charge in [-0.15, -0.1) is 0 Å². The molecule has 0 aliphatic carbocycles. The number of aliphatic carboxylic acids is 1. The zero-order valence-corrected chi connectivity index (χ0v) is 12.9. The number of hydrogen-bond donors (Lipinski definition) is 4. The molecule has 5 N–H and O–H groups in total. The number of primary amides is 1. The first-order valence-corrected chi connectivity index (χ1v) is 7.32. The fourth-order valence-electron chi connectivity index (χ4n) is 2.10. The van der Waals surface area contributed by atoms with Gasteiger partial charge in [-0.25, -0.2) is 0 Å². The summed E-state index contributed by atoms with van der Waals surface area (Å²) in [7, 11) is 1.71. The molecule has 0 saturated heterocycles. The molecule has 0 aliphatic heterocycles. The quantitative estimate of drug-likeness (QED) is 0.398. The maximum absolute atomic E-state index is 11.3. The Morgan fingerprint density at radius 2 is 1.95 bits per heavy atom. The van der Waals surface area contributed by atoms with Crippen LogP contribution in [0.2, 0.25) is 0 Å². The van der Waals surface area contributed by atoms with Gasteiger partial charge in [0.1, 0.15) is 5.54 Å². The van der Waals surface area contributed by atoms with Crippen LogP contribution in [0.5, 0.6) is 0 Å². The standard InChI is InChI=1S/C14H29N3O3/c1-4-10-17-14(2,13(19)20)9-7-5-6-8-11(16-3)12(15)18/h11,16-17H,4-10H2,1-3H3,(H2,15,18)(H,19,20). The summed E-state index contributed by atoms with van der Waals surface area (Å²) in [4.78, 5) is 22.3. The summed E-state index contributed by atoms with van der Waals surface area (Å²) in [6.45, 7) is 4.44. The van der Waals surface area contributed by atoms with Crippen LogP contribution in [0.4, 0.5) is 0 Å². The van der Waals surface area contributed by atoms with Crippen molar-refractivity contribution in [1.29, 1.82) is 0 Å². The molecule has 0 aliphatic rings. The van der Waals surface area contributed by atoms with E-state index < -0.39 is 11.5 Å². The molecule has 2 atom stereocenters. The molecule has 2 unspecified atom stereocenters. The van der Waals surface area contributed by atoms with E-state index in [0.29, 0.717) is 19.4 Å². The second-order valence-corrected chi connectivity index (χ2v) is 5.41. The van der Waals surface area contributed by atoms with E-state index in [1.165, 1.54) is 0 Å². The van der Waals surface area contributed by atoms with Gasteiger partial charge in [-0.1, -0.05) is 26.2 Å². The van der Waals surface area contributed by atoms with Crippen LogP contribution in [0.15, 0.2) is 0 Å². The maximum atomic E-state index is 11.3. The molecule has 6 nitrogen and oxygen atoms in total. The summed E-state index contributed by atoms with van der Waals surface area (Å²) >= 11 is 0. The molecular formula is C14H29N3O3. The van der Waals surface area contributed by atoms with Crippen molar-refractivity contribution in [3.05, 3.63) is 0 Å². The zero-order chi connectivity index (χ0) is 15.6. The third-order valence-corrected chi connectivity index (χ3v) is 3.60. The summed E-state index contributed by atoms with van der Waals surface area (Å²) < 4.78 is 0. The third kappa shape index (κ3) is 6.86. The van der Waals surface area contributed by atoms with Crippen molar-refractivity contribution < 1.29 is 14.7 Å². The van der Waals surface area contributed by atoms with Crippen LogP contribution in [0.3, 0.4) is 0 Å². The van der Waals surface area contributed by atoms with Gasteiger partial charge >= 0.3 is 5.97 Å². The van der Waals surface area contributed by atoms with Gasteiger partial charge < -0.3 is 21.5 Å². The van der Waals surface area contributed by atoms with E-state index in [4.69, 9.17) is 5.73 Å². The second kappa shape index (κ2) is 9.72. The lowest BCUT2D eigenvalue weighted by Gasteiger charge is -2.26. The Morgan fingerprint density at radius 3 is 2.40 bits per heavy atom. The van der Waals surface area contributed by atoms with E-state index in [-0.39, 0.29) is 11.9 Å². The van der Waals surface area contributed by atoms with Gasteiger partial charge in [0.25, 0.3) is 0 Å². The lowest BCUT2D eigenvalue weighted by Crippen LogP contribution is -2.49. The van der Waals surface area contributed by atoms with Crippen molar-refractivity contribution in [2.45, 2.75) is 64.0 Å². The predicted octanol–water partition coefficient (Wildman–Crippen LogP) is 0.853. The van der Waals surface area contributed by atoms with Crippen LogP contribution in [0, 0.1) is 0 Å². The number of carboxylic acid groups (broad SMARTS) is 1. The van der Waals surface area contributed by atoms with Crippen molar-refractivity contribution in [3.63, 3.8) is 0 Å². The van der Waals surface area contributed by atoms with Crippen molar-refractivity contribution in [3.8, 4) is 0 Å². The molecule has 0 radical (unpaired) electrons. The number of carbonyl (C=O) groups excluding carboxylic acids is 1. The van der Waals surface area contributed by atoms with E-state index >= 15 is 0 Å². The Kier molecular flexibility index (Phi) is 9.16. The first kappa shape index (κ1) is 18.9. The third-order valence-electron chi connectivity index (χ3n) is 3.60. The van der Waals surface area contributed by atoms with Crippen molar-refractivity contribution in [2.75, 3.05) is 13.6 Å². The number of hydrogen-bond acceptors (Lipinski definition) is 4. The summed E-state index contributed by atoms with van der Waals surface area (Å²) in [6.07, 6.45) is 4.75. The zero-order valence-electron chi connectivity index (χ0n) is 12.9. The Morgan fingerprint density at radius 1 is 1.30 bits per heavy atom. The number of likely N-dealkylation sites (N-methyl/N-ethyl adjacent to an activating group) is 1. The summed E-state index contributed by atoms with van der Waals surface area (Å²) in [5.74, 6) is -1.15. The van der Waals surface area contributed by atoms with Crippen molar-refractivity contribution in [2.24, 2.45) is 5.73 Å². The Labute approximate surface area is 121 Å². The van der Waals surface area contributed by atoms with E-state index in [9.17, 15) is 14.7 Å². The molecular weight excluding hydrogens is 258 g/mol. The van der Waals surface area contributed by atoms with E-state index in [1.807, 2.05) is 6.92 Å². The number of nitrogens with two attached hydrogens (primary N) is 1. The Bertz CT molecular complexity index is 310. The number of carbonyl (C=O) groups is 2. The topological polar surface area (TPSA) is 104 Å². The van der Waals surface area contributed by atoms with E-state index in [2.05, 4.69) is 10.6 Å². The molecule has 0 bridgehead atoms. The van der Waals surface area contributed by atoms with Crippen molar-refractivity contribution >= 4 is 11.9 Å². The van der Waals surface area contributed by atoms with Gasteiger partial charge in [0.15, 0.2) is 0 Å². The average Bonchev–Trinajstić information content (AvgIpc) is 2.39. The van der Waals surface area contributed by atoms with Crippen LogP contribution in [0.1, 0.15) is 52.4 Å². The minimum Gasteiger partial charge on any atom is -0.480 e. The van der Waals surface area contributed by atoms with Gasteiger partial charge in [-0.2, -0.15) is 0 Å². The molecule has 0 rings (SSSR count). The van der Waals surface area contributed by atoms with Crippen molar-refractivity contribution in [1.82, 2.24) is 10.6 Å². The number of carboxylic acids is 1. The minimum absolute atomic E-state index is 0.293. The molecule has 0 spiro atoms. The van der Waals surface area contributed by atoms with Gasteiger partial charge in [0, 0.05) is 0 Å². The highest BCUT2D eigenvalue weighted by Gasteiger charge is 2.31. The average molecular weight is 287 g/mol. The van der Waals surface area contributed by atoms with Gasteiger partial charge in [-0.3, -0.25) is 9.59 Å². The predicted molar refractivity (Wildman–Crippen MR) is 79.5 cm³/mol. The van der Waals surface area contributed by atoms with Crippen LogP contribution >= 0.6 is 0 Å². The fraction of sp³-hybridized carbons (Fsp3) is 0.857. The lowest BCUT2D eigenvalue weighted by molar-refractivity contribution is -0.144. The van der Waals surface area contributed by atoms with Crippen LogP contribution in [0.25, 0.3) is 0 Å². The molecule has 0 aromatic heterocycles. The molecule has 0 heterocycles. The number of nitrogens with one attached hydrogen (secondary N) is 2. The van der Waals surface area contributed by atoms with Crippen LogP contribution in [-0.4, -0.2) is 42.2 Å². The first-order chi connectivity index (χ1) is 9.37. The molecule has 0 saturated carbocycles. The normalized spacial score (nSPS) is 15.6. The molecule has 0 aromatic rings. The van der Waals surface area contributed by atoms with E-state index in [0.717, 1.165) is 25.7 Å². The maximum Gasteiger partial charge on any atom is 0.323 e. The van der Waals surface area contributed by atoms with E-state index in [1.54, 1.807) is 14.0 Å². The fourth-order valence-corrected chi connectivity index (χ4v) is 2.10.